The van der Waals surface area contributed by atoms with Crippen LogP contribution in [0, 0.1) is 5.92 Å². The molecule has 3 amide bonds. The number of carbonyl (C=O) groups is 2. The van der Waals surface area contributed by atoms with Crippen LogP contribution in [-0.4, -0.2) is 35.6 Å². The molecule has 0 aromatic heterocycles. The maximum Gasteiger partial charge on any atom is 0.328 e. The van der Waals surface area contributed by atoms with Crippen molar-refractivity contribution < 1.29 is 14.3 Å². The monoisotopic (exact) mass is 302 g/mol. The number of ether oxygens (including phenoxy) is 1. The predicted molar refractivity (Wildman–Crippen MR) is 83.5 cm³/mol. The number of hydrogen-bond donors (Lipinski definition) is 1. The topological polar surface area (TPSA) is 58.6 Å². The Morgan fingerprint density at radius 1 is 1.23 bits per heavy atom. The van der Waals surface area contributed by atoms with Gasteiger partial charge in [-0.2, -0.15) is 0 Å². The molecule has 1 aromatic carbocycles. The highest BCUT2D eigenvalue weighted by Gasteiger charge is 2.39. The Kier molecular flexibility index (Phi) is 4.43. The first-order chi connectivity index (χ1) is 10.6. The zero-order valence-electron chi connectivity index (χ0n) is 12.8. The van der Waals surface area contributed by atoms with Gasteiger partial charge in [0.2, 0.25) is 0 Å². The van der Waals surface area contributed by atoms with Crippen LogP contribution < -0.4 is 5.32 Å². The second kappa shape index (κ2) is 6.48. The molecule has 0 spiro atoms. The molecule has 3 atom stereocenters. The summed E-state index contributed by atoms with van der Waals surface area (Å²) in [5.41, 5.74) is 0.693. The van der Waals surface area contributed by atoms with E-state index in [1.165, 1.54) is 4.90 Å². The number of fused-ring (bicyclic) bond motifs is 1. The number of benzene rings is 1. The fourth-order valence-corrected chi connectivity index (χ4v) is 3.32. The number of hydrogen-bond acceptors (Lipinski definition) is 3. The second-order valence-corrected chi connectivity index (χ2v) is 6.11. The smallest absolute Gasteiger partial charge is 0.328 e. The molecule has 2 aliphatic rings. The van der Waals surface area contributed by atoms with E-state index >= 15 is 0 Å². The Morgan fingerprint density at radius 2 is 1.95 bits per heavy atom. The van der Waals surface area contributed by atoms with E-state index in [0.717, 1.165) is 25.7 Å². The molecule has 0 radical (unpaired) electrons. The van der Waals surface area contributed by atoms with E-state index in [4.69, 9.17) is 4.74 Å². The summed E-state index contributed by atoms with van der Waals surface area (Å²) < 4.78 is 5.89. The number of amides is 3. The Labute approximate surface area is 130 Å². The van der Waals surface area contributed by atoms with E-state index < -0.39 is 6.10 Å². The fraction of sp³-hybridized carbons (Fsp3) is 0.529. The first-order valence-electron chi connectivity index (χ1n) is 7.98. The number of para-hydroxylation sites is 1. The van der Waals surface area contributed by atoms with Gasteiger partial charge in [0.25, 0.3) is 5.91 Å². The quantitative estimate of drug-likeness (QED) is 0.867. The summed E-state index contributed by atoms with van der Waals surface area (Å²) in [7, 11) is 0. The molecule has 1 aromatic rings. The van der Waals surface area contributed by atoms with Crippen molar-refractivity contribution in [1.29, 1.82) is 0 Å². The molecule has 2 fully saturated rings. The molecule has 1 aliphatic carbocycles. The molecule has 5 nitrogen and oxygen atoms in total. The van der Waals surface area contributed by atoms with E-state index in [0.29, 0.717) is 12.2 Å². The molecule has 1 saturated carbocycles. The minimum atomic E-state index is -0.561. The summed E-state index contributed by atoms with van der Waals surface area (Å²) in [5.74, 6) is 0.00649. The van der Waals surface area contributed by atoms with Gasteiger partial charge in [-0.25, -0.2) is 4.79 Å². The number of imide groups is 1. The van der Waals surface area contributed by atoms with Crippen LogP contribution in [0.15, 0.2) is 30.3 Å². The zero-order valence-corrected chi connectivity index (χ0v) is 12.8. The standard InChI is InChI=1S/C17H22N2O3/c1-12-16(20)19(11-13-7-5-6-10-15(13)22-12)17(21)18-14-8-3-2-4-9-14/h2-4,8-9,12-13,15H,5-7,10-11H2,1H3,(H,18,21)/t12?,13-,15+/m1/s1. The summed E-state index contributed by atoms with van der Waals surface area (Å²) in [4.78, 5) is 26.3. The van der Waals surface area contributed by atoms with E-state index in [2.05, 4.69) is 5.32 Å². The SMILES string of the molecule is CC1O[C@H]2CCCC[C@@H]2CN(C(=O)Nc2ccccc2)C1=O. The Balaban J connectivity index is 1.75. The highest BCUT2D eigenvalue weighted by molar-refractivity contribution is 6.02. The molecule has 1 aliphatic heterocycles. The minimum absolute atomic E-state index is 0.0993. The summed E-state index contributed by atoms with van der Waals surface area (Å²) in [5, 5.41) is 2.80. The van der Waals surface area contributed by atoms with Gasteiger partial charge in [-0.1, -0.05) is 31.0 Å². The molecular formula is C17H22N2O3. The van der Waals surface area contributed by atoms with Crippen LogP contribution in [0.2, 0.25) is 0 Å². The van der Waals surface area contributed by atoms with Gasteiger partial charge < -0.3 is 10.1 Å². The molecule has 118 valence electrons. The summed E-state index contributed by atoms with van der Waals surface area (Å²) >= 11 is 0. The number of nitrogens with zero attached hydrogens (tertiary/aromatic N) is 1. The van der Waals surface area contributed by atoms with Crippen molar-refractivity contribution >= 4 is 17.6 Å². The van der Waals surface area contributed by atoms with Crippen LogP contribution in [0.25, 0.3) is 0 Å². The van der Waals surface area contributed by atoms with Crippen molar-refractivity contribution in [2.45, 2.75) is 44.8 Å². The first kappa shape index (κ1) is 15.0. The van der Waals surface area contributed by atoms with Gasteiger partial charge in [0.15, 0.2) is 0 Å². The van der Waals surface area contributed by atoms with Crippen molar-refractivity contribution in [2.24, 2.45) is 5.92 Å². The largest absolute Gasteiger partial charge is 0.365 e. The van der Waals surface area contributed by atoms with E-state index in [1.807, 2.05) is 30.3 Å². The molecule has 0 bridgehead atoms. The van der Waals surface area contributed by atoms with Gasteiger partial charge in [0.1, 0.15) is 6.10 Å². The Hall–Kier alpha value is -1.88. The molecule has 22 heavy (non-hydrogen) atoms. The maximum atomic E-state index is 12.5. The van der Waals surface area contributed by atoms with E-state index in [1.54, 1.807) is 6.92 Å². The average molecular weight is 302 g/mol. The number of carbonyl (C=O) groups excluding carboxylic acids is 2. The lowest BCUT2D eigenvalue weighted by atomic mass is 9.86. The third kappa shape index (κ3) is 3.14. The van der Waals surface area contributed by atoms with E-state index in [9.17, 15) is 9.59 Å². The second-order valence-electron chi connectivity index (χ2n) is 6.11. The van der Waals surface area contributed by atoms with Crippen molar-refractivity contribution in [3.63, 3.8) is 0 Å². The van der Waals surface area contributed by atoms with Crippen molar-refractivity contribution in [3.05, 3.63) is 30.3 Å². The van der Waals surface area contributed by atoms with Crippen molar-refractivity contribution in [2.75, 3.05) is 11.9 Å². The number of rotatable bonds is 1. The average Bonchev–Trinajstić information content (AvgIpc) is 2.66. The molecule has 1 heterocycles. The lowest BCUT2D eigenvalue weighted by Gasteiger charge is -2.30. The predicted octanol–water partition coefficient (Wildman–Crippen LogP) is 3.02. The highest BCUT2D eigenvalue weighted by Crippen LogP contribution is 2.31. The molecular weight excluding hydrogens is 280 g/mol. The van der Waals surface area contributed by atoms with Crippen LogP contribution in [0.1, 0.15) is 32.6 Å². The summed E-state index contributed by atoms with van der Waals surface area (Å²) in [6.07, 6.45) is 3.81. The zero-order chi connectivity index (χ0) is 15.5. The molecule has 3 rings (SSSR count). The first-order valence-corrected chi connectivity index (χ1v) is 7.98. The number of anilines is 1. The van der Waals surface area contributed by atoms with Gasteiger partial charge in [0.05, 0.1) is 6.10 Å². The highest BCUT2D eigenvalue weighted by atomic mass is 16.5. The molecule has 1 unspecified atom stereocenters. The fourth-order valence-electron chi connectivity index (χ4n) is 3.32. The van der Waals surface area contributed by atoms with Crippen LogP contribution in [0.5, 0.6) is 0 Å². The maximum absolute atomic E-state index is 12.5. The van der Waals surface area contributed by atoms with Gasteiger partial charge in [-0.15, -0.1) is 0 Å². The minimum Gasteiger partial charge on any atom is -0.365 e. The normalized spacial score (nSPS) is 28.7. The summed E-state index contributed by atoms with van der Waals surface area (Å²) in [6, 6.07) is 8.84. The van der Waals surface area contributed by atoms with Crippen LogP contribution in [0.3, 0.4) is 0 Å². The third-order valence-electron chi connectivity index (χ3n) is 4.52. The summed E-state index contributed by atoms with van der Waals surface area (Å²) in [6.45, 7) is 2.19. The van der Waals surface area contributed by atoms with Gasteiger partial charge >= 0.3 is 6.03 Å². The lowest BCUT2D eigenvalue weighted by molar-refractivity contribution is -0.139. The molecule has 5 heteroatoms. The van der Waals surface area contributed by atoms with Crippen LogP contribution in [0.4, 0.5) is 10.5 Å². The van der Waals surface area contributed by atoms with Crippen LogP contribution >= 0.6 is 0 Å². The van der Waals surface area contributed by atoms with Gasteiger partial charge in [-0.3, -0.25) is 9.69 Å². The number of nitrogens with one attached hydrogen (secondary N) is 1. The molecule has 1 N–H and O–H groups in total. The van der Waals surface area contributed by atoms with E-state index in [-0.39, 0.29) is 24.0 Å². The Bertz CT molecular complexity index is 546. The Morgan fingerprint density at radius 3 is 2.73 bits per heavy atom. The molecule has 1 saturated heterocycles. The van der Waals surface area contributed by atoms with Crippen molar-refractivity contribution in [3.8, 4) is 0 Å². The van der Waals surface area contributed by atoms with Gasteiger partial charge in [0, 0.05) is 18.2 Å². The van der Waals surface area contributed by atoms with Crippen molar-refractivity contribution in [1.82, 2.24) is 4.90 Å². The van der Waals surface area contributed by atoms with Crippen LogP contribution in [-0.2, 0) is 9.53 Å². The number of urea groups is 1. The lowest BCUT2D eigenvalue weighted by Crippen LogP contribution is -2.45. The third-order valence-corrected chi connectivity index (χ3v) is 4.52. The van der Waals surface area contributed by atoms with Gasteiger partial charge in [-0.05, 0) is 31.9 Å².